The minimum Gasteiger partial charge on any atom is -0.508 e. The summed E-state index contributed by atoms with van der Waals surface area (Å²) in [4.78, 5) is 13.8. The maximum Gasteiger partial charge on any atom is 0.322 e. The summed E-state index contributed by atoms with van der Waals surface area (Å²) in [6, 6.07) is 4.88. The summed E-state index contributed by atoms with van der Waals surface area (Å²) in [6.07, 6.45) is 0. The Morgan fingerprint density at radius 1 is 1.39 bits per heavy atom. The Kier molecular flexibility index (Phi) is 4.22. The molecule has 0 unspecified atom stereocenters. The van der Waals surface area contributed by atoms with Crippen molar-refractivity contribution in [3.63, 3.8) is 0 Å². The number of carbonyl (C=O) groups is 1. The maximum atomic E-state index is 12.2. The molecule has 0 fully saturated rings. The molecule has 18 heavy (non-hydrogen) atoms. The molecule has 0 heterocycles. The van der Waals surface area contributed by atoms with Crippen LogP contribution in [0.1, 0.15) is 33.3 Å². The highest BCUT2D eigenvalue weighted by Gasteiger charge is 2.21. The molecular formula is C14H22N2O2. The predicted molar refractivity (Wildman–Crippen MR) is 74.1 cm³/mol. The summed E-state index contributed by atoms with van der Waals surface area (Å²) in [5.41, 5.74) is 1.41. The molecule has 0 saturated carbocycles. The highest BCUT2D eigenvalue weighted by molar-refractivity contribution is 5.93. The zero-order valence-corrected chi connectivity index (χ0v) is 11.7. The van der Waals surface area contributed by atoms with E-state index >= 15 is 0 Å². The Morgan fingerprint density at radius 3 is 2.50 bits per heavy atom. The third-order valence-corrected chi connectivity index (χ3v) is 2.53. The summed E-state index contributed by atoms with van der Waals surface area (Å²) in [7, 11) is 0. The summed E-state index contributed by atoms with van der Waals surface area (Å²) >= 11 is 0. The first kappa shape index (κ1) is 14.4. The fourth-order valence-corrected chi connectivity index (χ4v) is 1.70. The molecule has 0 aliphatic heterocycles. The third kappa shape index (κ3) is 3.65. The summed E-state index contributed by atoms with van der Waals surface area (Å²) < 4.78 is 0. The molecule has 0 aromatic heterocycles. The van der Waals surface area contributed by atoms with Gasteiger partial charge in [0.1, 0.15) is 5.75 Å². The normalized spacial score (nSPS) is 11.2. The van der Waals surface area contributed by atoms with Crippen molar-refractivity contribution in [2.24, 2.45) is 0 Å². The van der Waals surface area contributed by atoms with Crippen molar-refractivity contribution in [3.8, 4) is 5.75 Å². The van der Waals surface area contributed by atoms with Gasteiger partial charge in [0.05, 0.1) is 5.69 Å². The van der Waals surface area contributed by atoms with Gasteiger partial charge in [-0.3, -0.25) is 4.90 Å². The Balaban J connectivity index is 3.02. The molecule has 0 spiro atoms. The molecule has 100 valence electrons. The van der Waals surface area contributed by atoms with Gasteiger partial charge in [-0.25, -0.2) is 4.79 Å². The number of amides is 2. The number of phenolic OH excluding ortho intramolecular Hbond substituents is 1. The van der Waals surface area contributed by atoms with Crippen LogP contribution in [0.3, 0.4) is 0 Å². The Bertz CT molecular complexity index is 436. The number of hydrogen-bond acceptors (Lipinski definition) is 2. The van der Waals surface area contributed by atoms with Gasteiger partial charge in [-0.05, 0) is 46.2 Å². The van der Waals surface area contributed by atoms with Crippen molar-refractivity contribution in [2.45, 2.75) is 40.2 Å². The second-order valence-corrected chi connectivity index (χ2v) is 5.40. The van der Waals surface area contributed by atoms with Crippen molar-refractivity contribution in [3.05, 3.63) is 23.8 Å². The van der Waals surface area contributed by atoms with Crippen LogP contribution in [0.25, 0.3) is 0 Å². The van der Waals surface area contributed by atoms with Crippen LogP contribution in [0.4, 0.5) is 10.5 Å². The highest BCUT2D eigenvalue weighted by atomic mass is 16.3. The van der Waals surface area contributed by atoms with Gasteiger partial charge in [-0.1, -0.05) is 6.07 Å². The molecule has 0 aliphatic rings. The van der Waals surface area contributed by atoms with E-state index in [1.165, 1.54) is 0 Å². The minimum atomic E-state index is -0.283. The van der Waals surface area contributed by atoms with Crippen molar-refractivity contribution in [2.75, 3.05) is 11.4 Å². The first-order valence-corrected chi connectivity index (χ1v) is 6.14. The molecule has 2 amide bonds. The van der Waals surface area contributed by atoms with Crippen LogP contribution in [0.5, 0.6) is 5.75 Å². The lowest BCUT2D eigenvalue weighted by molar-refractivity contribution is 0.238. The standard InChI is InChI=1S/C14H22N2O2/c1-6-16(13(18)15-14(3,4)5)12-9-11(17)8-7-10(12)2/h7-9,17H,6H2,1-5H3,(H,15,18). The Hall–Kier alpha value is -1.71. The van der Waals surface area contributed by atoms with Gasteiger partial charge in [0.15, 0.2) is 0 Å². The monoisotopic (exact) mass is 250 g/mol. The smallest absolute Gasteiger partial charge is 0.322 e. The highest BCUT2D eigenvalue weighted by Crippen LogP contribution is 2.25. The molecule has 4 heteroatoms. The lowest BCUT2D eigenvalue weighted by Gasteiger charge is -2.28. The molecular weight excluding hydrogens is 228 g/mol. The number of aromatic hydroxyl groups is 1. The van der Waals surface area contributed by atoms with E-state index in [-0.39, 0.29) is 17.3 Å². The van der Waals surface area contributed by atoms with Crippen molar-refractivity contribution in [1.82, 2.24) is 5.32 Å². The maximum absolute atomic E-state index is 12.2. The average molecular weight is 250 g/mol. The van der Waals surface area contributed by atoms with Crippen LogP contribution in [-0.4, -0.2) is 23.2 Å². The number of urea groups is 1. The molecule has 0 radical (unpaired) electrons. The van der Waals surface area contributed by atoms with Crippen molar-refractivity contribution >= 4 is 11.7 Å². The second kappa shape index (κ2) is 5.29. The van der Waals surface area contributed by atoms with E-state index in [1.807, 2.05) is 34.6 Å². The van der Waals surface area contributed by atoms with E-state index in [1.54, 1.807) is 23.1 Å². The van der Waals surface area contributed by atoms with Gasteiger partial charge in [0.25, 0.3) is 0 Å². The number of carbonyl (C=O) groups excluding carboxylic acids is 1. The molecule has 1 aromatic rings. The molecule has 0 bridgehead atoms. The predicted octanol–water partition coefficient (Wildman–Crippen LogP) is 3.04. The Morgan fingerprint density at radius 2 is 2.00 bits per heavy atom. The second-order valence-electron chi connectivity index (χ2n) is 5.40. The van der Waals surface area contributed by atoms with Crippen molar-refractivity contribution < 1.29 is 9.90 Å². The fourth-order valence-electron chi connectivity index (χ4n) is 1.70. The quantitative estimate of drug-likeness (QED) is 0.847. The summed E-state index contributed by atoms with van der Waals surface area (Å²) in [5, 5.41) is 12.5. The van der Waals surface area contributed by atoms with E-state index in [4.69, 9.17) is 0 Å². The molecule has 0 aliphatic carbocycles. The van der Waals surface area contributed by atoms with Crippen LogP contribution >= 0.6 is 0 Å². The largest absolute Gasteiger partial charge is 0.508 e. The summed E-state index contributed by atoms with van der Waals surface area (Å²) in [5.74, 6) is 0.164. The first-order chi connectivity index (χ1) is 8.24. The van der Waals surface area contributed by atoms with Crippen LogP contribution in [-0.2, 0) is 0 Å². The SMILES string of the molecule is CCN(C(=O)NC(C)(C)C)c1cc(O)ccc1C. The van der Waals surface area contributed by atoms with Gasteiger partial charge < -0.3 is 10.4 Å². The van der Waals surface area contributed by atoms with E-state index < -0.39 is 0 Å². The third-order valence-electron chi connectivity index (χ3n) is 2.53. The van der Waals surface area contributed by atoms with Gasteiger partial charge in [-0.2, -0.15) is 0 Å². The molecule has 1 rings (SSSR count). The number of rotatable bonds is 2. The minimum absolute atomic E-state index is 0.154. The average Bonchev–Trinajstić information content (AvgIpc) is 2.21. The van der Waals surface area contributed by atoms with Gasteiger partial charge in [0.2, 0.25) is 0 Å². The molecule has 2 N–H and O–H groups in total. The zero-order valence-electron chi connectivity index (χ0n) is 11.7. The Labute approximate surface area is 109 Å². The van der Waals surface area contributed by atoms with Gasteiger partial charge >= 0.3 is 6.03 Å². The van der Waals surface area contributed by atoms with Gasteiger partial charge in [-0.15, -0.1) is 0 Å². The lowest BCUT2D eigenvalue weighted by Crippen LogP contribution is -2.48. The number of nitrogens with zero attached hydrogens (tertiary/aromatic N) is 1. The van der Waals surface area contributed by atoms with E-state index in [9.17, 15) is 9.90 Å². The van der Waals surface area contributed by atoms with E-state index in [2.05, 4.69) is 5.32 Å². The number of phenols is 1. The molecule has 0 saturated heterocycles. The topological polar surface area (TPSA) is 52.6 Å². The van der Waals surface area contributed by atoms with Crippen LogP contribution in [0.2, 0.25) is 0 Å². The number of nitrogens with one attached hydrogen (secondary N) is 1. The number of aryl methyl sites for hydroxylation is 1. The number of hydrogen-bond donors (Lipinski definition) is 2. The lowest BCUT2D eigenvalue weighted by atomic mass is 10.1. The van der Waals surface area contributed by atoms with Gasteiger partial charge in [0, 0.05) is 18.2 Å². The van der Waals surface area contributed by atoms with Crippen LogP contribution in [0, 0.1) is 6.92 Å². The summed E-state index contributed by atoms with van der Waals surface area (Å²) in [6.45, 7) is 10.2. The van der Waals surface area contributed by atoms with Crippen LogP contribution < -0.4 is 10.2 Å². The van der Waals surface area contributed by atoms with E-state index in [0.717, 1.165) is 11.3 Å². The molecule has 0 atom stereocenters. The van der Waals surface area contributed by atoms with Crippen molar-refractivity contribution in [1.29, 1.82) is 0 Å². The fraction of sp³-hybridized carbons (Fsp3) is 0.500. The van der Waals surface area contributed by atoms with Crippen LogP contribution in [0.15, 0.2) is 18.2 Å². The van der Waals surface area contributed by atoms with E-state index in [0.29, 0.717) is 6.54 Å². The zero-order chi connectivity index (χ0) is 13.9. The number of benzene rings is 1. The number of anilines is 1. The molecule has 1 aromatic carbocycles. The first-order valence-electron chi connectivity index (χ1n) is 6.14. The molecule has 4 nitrogen and oxygen atoms in total.